The first-order valence-electron chi connectivity index (χ1n) is 10.4. The Morgan fingerprint density at radius 1 is 1.00 bits per heavy atom. The first-order chi connectivity index (χ1) is 15.7. The van der Waals surface area contributed by atoms with Crippen molar-refractivity contribution in [1.82, 2.24) is 5.32 Å². The lowest BCUT2D eigenvalue weighted by atomic mass is 10.1. The molecule has 2 N–H and O–H groups in total. The average molecular weight is 453 g/mol. The normalized spacial score (nSPS) is 15.2. The molecule has 1 unspecified atom stereocenters. The van der Waals surface area contributed by atoms with Crippen molar-refractivity contribution < 1.29 is 22.8 Å². The van der Waals surface area contributed by atoms with Crippen molar-refractivity contribution in [3.05, 3.63) is 95.1 Å². The van der Waals surface area contributed by atoms with Crippen LogP contribution in [0.2, 0.25) is 0 Å². The van der Waals surface area contributed by atoms with E-state index in [1.807, 2.05) is 43.3 Å². The molecule has 3 amide bonds. The van der Waals surface area contributed by atoms with Crippen molar-refractivity contribution in [2.24, 2.45) is 0 Å². The molecule has 1 aliphatic heterocycles. The number of hydrogen-bond donors (Lipinski definition) is 2. The molecular weight excluding hydrogens is 431 g/mol. The Balaban J connectivity index is 1.44. The number of carbonyl (C=O) groups excluding carboxylic acids is 2. The molecule has 1 aliphatic rings. The second kappa shape index (κ2) is 8.97. The Labute approximate surface area is 189 Å². The van der Waals surface area contributed by atoms with Crippen LogP contribution in [0.1, 0.15) is 34.0 Å². The smallest absolute Gasteiger partial charge is 0.334 e. The van der Waals surface area contributed by atoms with Crippen LogP contribution < -0.4 is 15.5 Å². The lowest BCUT2D eigenvalue weighted by molar-refractivity contribution is -0.137. The highest BCUT2D eigenvalue weighted by molar-refractivity contribution is 6.07. The summed E-state index contributed by atoms with van der Waals surface area (Å²) in [7, 11) is 0. The van der Waals surface area contributed by atoms with Gasteiger partial charge in [0.15, 0.2) is 0 Å². The van der Waals surface area contributed by atoms with Gasteiger partial charge in [-0.3, -0.25) is 4.79 Å². The summed E-state index contributed by atoms with van der Waals surface area (Å²) < 4.78 is 38.6. The third-order valence-corrected chi connectivity index (χ3v) is 5.51. The van der Waals surface area contributed by atoms with Gasteiger partial charge in [-0.2, -0.15) is 13.2 Å². The highest BCUT2D eigenvalue weighted by Crippen LogP contribution is 2.34. The lowest BCUT2D eigenvalue weighted by Gasteiger charge is -2.23. The summed E-state index contributed by atoms with van der Waals surface area (Å²) in [5.41, 5.74) is 2.42. The average Bonchev–Trinajstić information content (AvgIpc) is 3.12. The monoisotopic (exact) mass is 453 g/mol. The molecule has 8 heteroatoms. The summed E-state index contributed by atoms with van der Waals surface area (Å²) in [4.78, 5) is 27.0. The van der Waals surface area contributed by atoms with E-state index in [1.165, 1.54) is 12.1 Å². The number of anilines is 2. The van der Waals surface area contributed by atoms with Crippen LogP contribution in [-0.4, -0.2) is 18.0 Å². The maximum absolute atomic E-state index is 13.1. The number of amides is 3. The zero-order valence-electron chi connectivity index (χ0n) is 17.8. The van der Waals surface area contributed by atoms with Gasteiger partial charge >= 0.3 is 12.2 Å². The Morgan fingerprint density at radius 2 is 1.76 bits per heavy atom. The minimum atomic E-state index is -4.49. The molecule has 0 spiro atoms. The van der Waals surface area contributed by atoms with Crippen molar-refractivity contribution in [3.8, 4) is 0 Å². The van der Waals surface area contributed by atoms with Gasteiger partial charge in [0.2, 0.25) is 0 Å². The van der Waals surface area contributed by atoms with Crippen LogP contribution in [0, 0.1) is 0 Å². The van der Waals surface area contributed by atoms with Crippen molar-refractivity contribution in [2.75, 3.05) is 10.2 Å². The Bertz CT molecular complexity index is 1180. The molecule has 0 aromatic heterocycles. The second-order valence-electron chi connectivity index (χ2n) is 7.94. The molecule has 1 heterocycles. The molecule has 0 bridgehead atoms. The maximum atomic E-state index is 13.1. The van der Waals surface area contributed by atoms with Crippen LogP contribution in [-0.2, 0) is 19.1 Å². The van der Waals surface area contributed by atoms with Gasteiger partial charge in [-0.1, -0.05) is 36.4 Å². The number of hydrogen-bond acceptors (Lipinski definition) is 2. The van der Waals surface area contributed by atoms with E-state index in [4.69, 9.17) is 0 Å². The Kier molecular flexibility index (Phi) is 6.09. The maximum Gasteiger partial charge on any atom is 0.416 e. The van der Waals surface area contributed by atoms with Crippen LogP contribution in [0.4, 0.5) is 29.3 Å². The van der Waals surface area contributed by atoms with E-state index in [0.717, 1.165) is 35.4 Å². The molecule has 5 nitrogen and oxygen atoms in total. The summed E-state index contributed by atoms with van der Waals surface area (Å²) in [5, 5.41) is 5.07. The van der Waals surface area contributed by atoms with Crippen LogP contribution in [0.5, 0.6) is 0 Å². The van der Waals surface area contributed by atoms with Crippen LogP contribution in [0.25, 0.3) is 0 Å². The number of nitrogens with zero attached hydrogens (tertiary/aromatic N) is 1. The number of carbonyl (C=O) groups is 2. The highest BCUT2D eigenvalue weighted by Gasteiger charge is 2.32. The van der Waals surface area contributed by atoms with E-state index >= 15 is 0 Å². The van der Waals surface area contributed by atoms with Gasteiger partial charge < -0.3 is 15.5 Å². The number of halogens is 3. The van der Waals surface area contributed by atoms with E-state index in [0.29, 0.717) is 5.56 Å². The topological polar surface area (TPSA) is 61.4 Å². The first-order valence-corrected chi connectivity index (χ1v) is 10.4. The lowest BCUT2D eigenvalue weighted by Crippen LogP contribution is -2.35. The number of nitrogens with one attached hydrogen (secondary N) is 2. The van der Waals surface area contributed by atoms with Gasteiger partial charge in [0.05, 0.1) is 5.56 Å². The molecule has 1 atom stereocenters. The van der Waals surface area contributed by atoms with Gasteiger partial charge in [-0.15, -0.1) is 0 Å². The van der Waals surface area contributed by atoms with Crippen molar-refractivity contribution in [1.29, 1.82) is 0 Å². The highest BCUT2D eigenvalue weighted by atomic mass is 19.4. The van der Waals surface area contributed by atoms with E-state index in [2.05, 4.69) is 10.6 Å². The number of fused-ring (bicyclic) bond motifs is 1. The molecule has 170 valence electrons. The minimum Gasteiger partial charge on any atom is -0.334 e. The molecule has 4 rings (SSSR count). The molecule has 3 aromatic carbocycles. The number of rotatable bonds is 4. The third-order valence-electron chi connectivity index (χ3n) is 5.51. The van der Waals surface area contributed by atoms with E-state index in [9.17, 15) is 22.8 Å². The largest absolute Gasteiger partial charge is 0.416 e. The van der Waals surface area contributed by atoms with Gasteiger partial charge in [0.1, 0.15) is 0 Å². The zero-order valence-corrected chi connectivity index (χ0v) is 17.8. The van der Waals surface area contributed by atoms with Crippen LogP contribution in [0.15, 0.2) is 72.8 Å². The zero-order chi connectivity index (χ0) is 23.6. The molecule has 3 aromatic rings. The quantitative estimate of drug-likeness (QED) is 0.539. The first kappa shape index (κ1) is 22.4. The summed E-state index contributed by atoms with van der Waals surface area (Å²) in [6.45, 7) is 2.14. The summed E-state index contributed by atoms with van der Waals surface area (Å²) >= 11 is 0. The van der Waals surface area contributed by atoms with E-state index in [-0.39, 0.29) is 24.2 Å². The van der Waals surface area contributed by atoms with Gasteiger partial charge in [-0.25, -0.2) is 4.79 Å². The molecule has 0 radical (unpaired) electrons. The Morgan fingerprint density at radius 3 is 2.48 bits per heavy atom. The molecule has 33 heavy (non-hydrogen) atoms. The molecule has 0 saturated heterocycles. The molecule has 0 aliphatic carbocycles. The fourth-order valence-corrected chi connectivity index (χ4v) is 3.92. The van der Waals surface area contributed by atoms with E-state index in [1.54, 1.807) is 17.0 Å². The second-order valence-corrected chi connectivity index (χ2v) is 7.94. The van der Waals surface area contributed by atoms with Gasteiger partial charge in [0.25, 0.3) is 5.91 Å². The van der Waals surface area contributed by atoms with Crippen LogP contribution in [0.3, 0.4) is 0 Å². The number of urea groups is 1. The molecular formula is C25H22F3N3O2. The van der Waals surface area contributed by atoms with Crippen molar-refractivity contribution in [3.63, 3.8) is 0 Å². The van der Waals surface area contributed by atoms with Gasteiger partial charge in [-0.05, 0) is 60.9 Å². The fourth-order valence-electron chi connectivity index (χ4n) is 3.92. The fraction of sp³-hybridized carbons (Fsp3) is 0.200. The predicted octanol–water partition coefficient (Wildman–Crippen LogP) is 5.62. The summed E-state index contributed by atoms with van der Waals surface area (Å²) in [6, 6.07) is 18.5. The van der Waals surface area contributed by atoms with Crippen molar-refractivity contribution in [2.45, 2.75) is 32.1 Å². The SMILES string of the molecule is CC1Cc2ccc(CNC(=O)Nc3cccc(C(F)(F)F)c3)cc2N1C(=O)c1ccccc1. The minimum absolute atomic E-state index is 0.000114. The Hall–Kier alpha value is -3.81. The van der Waals surface area contributed by atoms with Gasteiger partial charge in [0, 0.05) is 29.5 Å². The predicted molar refractivity (Wildman–Crippen MR) is 120 cm³/mol. The van der Waals surface area contributed by atoms with Crippen LogP contribution >= 0.6 is 0 Å². The third kappa shape index (κ3) is 5.00. The standard InChI is InChI=1S/C25H22F3N3O2/c1-16-12-19-11-10-17(13-22(19)31(16)23(32)18-6-3-2-4-7-18)15-29-24(33)30-21-9-5-8-20(14-21)25(26,27)28/h2-11,13-14,16H,12,15H2,1H3,(H2,29,30,33). The van der Waals surface area contributed by atoms with E-state index < -0.39 is 17.8 Å². The van der Waals surface area contributed by atoms with Crippen molar-refractivity contribution >= 4 is 23.3 Å². The summed E-state index contributed by atoms with van der Waals surface area (Å²) in [6.07, 6.45) is -3.75. The molecule has 0 saturated carbocycles. The number of alkyl halides is 3. The summed E-state index contributed by atoms with van der Waals surface area (Å²) in [5.74, 6) is -0.0887. The number of benzene rings is 3. The molecule has 0 fully saturated rings.